The van der Waals surface area contributed by atoms with E-state index in [0.29, 0.717) is 0 Å². The van der Waals surface area contributed by atoms with E-state index in [0.717, 1.165) is 18.4 Å². The van der Waals surface area contributed by atoms with Crippen LogP contribution in [0.15, 0.2) is 25.0 Å². The monoisotopic (exact) mass is 229 g/mol. The number of nitrogens with one attached hydrogen (secondary N) is 1. The Morgan fingerprint density at radius 3 is 2.44 bits per heavy atom. The van der Waals surface area contributed by atoms with Crippen LogP contribution in [0, 0.1) is 0 Å². The zero-order chi connectivity index (χ0) is 12.4. The van der Waals surface area contributed by atoms with Crippen LogP contribution in [0.2, 0.25) is 0 Å². The number of hydroxylamine groups is 1. The molecule has 1 N–H and O–H groups in total. The van der Waals surface area contributed by atoms with Crippen LogP contribution in [-0.2, 0) is 23.9 Å². The quantitative estimate of drug-likeness (QED) is 0.247. The van der Waals surface area contributed by atoms with Gasteiger partial charge >= 0.3 is 18.0 Å². The summed E-state index contributed by atoms with van der Waals surface area (Å²) in [6.45, 7) is 4.87. The van der Waals surface area contributed by atoms with Crippen LogP contribution in [0.25, 0.3) is 0 Å². The third-order valence-electron chi connectivity index (χ3n) is 1.07. The van der Waals surface area contributed by atoms with Gasteiger partial charge in [0.25, 0.3) is 0 Å². The highest BCUT2D eigenvalue weighted by atomic mass is 16.7. The fourth-order valence-electron chi connectivity index (χ4n) is 0.544. The van der Waals surface area contributed by atoms with Gasteiger partial charge in [-0.05, 0) is 6.92 Å². The van der Waals surface area contributed by atoms with E-state index in [-0.39, 0.29) is 6.61 Å². The van der Waals surface area contributed by atoms with E-state index >= 15 is 0 Å². The molecule has 7 heteroatoms. The first kappa shape index (κ1) is 13.7. The minimum absolute atomic E-state index is 0.144. The van der Waals surface area contributed by atoms with Crippen LogP contribution in [-0.4, -0.2) is 24.6 Å². The fraction of sp³-hybridized carbons (Fsp3) is 0.222. The van der Waals surface area contributed by atoms with E-state index in [2.05, 4.69) is 20.9 Å². The third-order valence-corrected chi connectivity index (χ3v) is 1.07. The lowest BCUT2D eigenvalue weighted by atomic mass is 10.5. The summed E-state index contributed by atoms with van der Waals surface area (Å²) in [7, 11) is 0. The topological polar surface area (TPSA) is 90.9 Å². The highest BCUT2D eigenvalue weighted by Gasteiger charge is 2.04. The summed E-state index contributed by atoms with van der Waals surface area (Å²) >= 11 is 0. The Morgan fingerprint density at radius 2 is 1.88 bits per heavy atom. The Bertz CT molecular complexity index is 309. The van der Waals surface area contributed by atoms with Gasteiger partial charge in [-0.15, -0.1) is 5.48 Å². The van der Waals surface area contributed by atoms with E-state index < -0.39 is 18.0 Å². The van der Waals surface area contributed by atoms with E-state index in [1.165, 1.54) is 0 Å². The molecular formula is C9H11NO6. The van der Waals surface area contributed by atoms with Crippen molar-refractivity contribution < 1.29 is 28.7 Å². The van der Waals surface area contributed by atoms with Gasteiger partial charge in [0, 0.05) is 12.2 Å². The van der Waals surface area contributed by atoms with Crippen molar-refractivity contribution in [2.45, 2.75) is 6.92 Å². The largest absolute Gasteiger partial charge is 0.448 e. The highest BCUT2D eigenvalue weighted by Crippen LogP contribution is 1.85. The fourth-order valence-corrected chi connectivity index (χ4v) is 0.544. The number of hydrogen-bond donors (Lipinski definition) is 1. The number of esters is 1. The molecule has 0 aromatic rings. The van der Waals surface area contributed by atoms with Crippen molar-refractivity contribution in [1.29, 1.82) is 0 Å². The van der Waals surface area contributed by atoms with Crippen molar-refractivity contribution >= 4 is 18.0 Å². The number of amides is 1. The molecule has 0 spiro atoms. The maximum Gasteiger partial charge on any atom is 0.440 e. The molecule has 1 amide bonds. The Balaban J connectivity index is 3.86. The van der Waals surface area contributed by atoms with Crippen molar-refractivity contribution in [2.75, 3.05) is 6.61 Å². The van der Waals surface area contributed by atoms with E-state index in [1.807, 2.05) is 0 Å². The zero-order valence-electron chi connectivity index (χ0n) is 8.60. The van der Waals surface area contributed by atoms with Crippen LogP contribution in [0.4, 0.5) is 4.79 Å². The number of hydrogen-bond acceptors (Lipinski definition) is 6. The first-order chi connectivity index (χ1) is 7.60. The summed E-state index contributed by atoms with van der Waals surface area (Å²) in [4.78, 5) is 36.4. The van der Waals surface area contributed by atoms with Gasteiger partial charge in [-0.25, -0.2) is 14.4 Å². The summed E-state index contributed by atoms with van der Waals surface area (Å²) in [5.41, 5.74) is 1.70. The molecule has 0 aromatic heterocycles. The van der Waals surface area contributed by atoms with E-state index in [1.54, 1.807) is 12.4 Å². The van der Waals surface area contributed by atoms with Crippen molar-refractivity contribution in [3.8, 4) is 0 Å². The maximum atomic E-state index is 10.8. The van der Waals surface area contributed by atoms with E-state index in [4.69, 9.17) is 0 Å². The minimum atomic E-state index is -0.950. The van der Waals surface area contributed by atoms with Gasteiger partial charge in [-0.2, -0.15) is 0 Å². The zero-order valence-corrected chi connectivity index (χ0v) is 8.60. The summed E-state index contributed by atoms with van der Waals surface area (Å²) < 4.78 is 8.67. The normalized spacial score (nSPS) is 9.31. The van der Waals surface area contributed by atoms with Crippen molar-refractivity contribution in [1.82, 2.24) is 5.48 Å². The lowest BCUT2D eigenvalue weighted by Crippen LogP contribution is -2.27. The summed E-state index contributed by atoms with van der Waals surface area (Å²) in [5.74, 6) is -1.74. The molecule has 0 saturated heterocycles. The predicted molar refractivity (Wildman–Crippen MR) is 51.7 cm³/mol. The molecule has 0 aliphatic rings. The molecule has 7 nitrogen and oxygen atoms in total. The van der Waals surface area contributed by atoms with Crippen LogP contribution in [0.5, 0.6) is 0 Å². The molecule has 0 heterocycles. The molecule has 0 aliphatic carbocycles. The van der Waals surface area contributed by atoms with Gasteiger partial charge in [0.05, 0.1) is 12.9 Å². The maximum absolute atomic E-state index is 10.8. The van der Waals surface area contributed by atoms with Crippen molar-refractivity contribution in [3.05, 3.63) is 25.0 Å². The Morgan fingerprint density at radius 1 is 1.25 bits per heavy atom. The molecule has 0 radical (unpaired) electrons. The Hall–Kier alpha value is -2.31. The van der Waals surface area contributed by atoms with Gasteiger partial charge in [0.1, 0.15) is 0 Å². The van der Waals surface area contributed by atoms with Crippen LogP contribution >= 0.6 is 0 Å². The average molecular weight is 229 g/mol. The van der Waals surface area contributed by atoms with Gasteiger partial charge in [-0.1, -0.05) is 6.58 Å². The summed E-state index contributed by atoms with van der Waals surface area (Å²) in [6.07, 6.45) is 1.60. The van der Waals surface area contributed by atoms with Crippen LogP contribution in [0.1, 0.15) is 6.92 Å². The number of rotatable bonds is 4. The molecule has 0 aliphatic heterocycles. The molecule has 0 fully saturated rings. The molecule has 0 unspecified atom stereocenters. The molecule has 0 aromatic carbocycles. The molecular weight excluding hydrogens is 218 g/mol. The van der Waals surface area contributed by atoms with Crippen LogP contribution in [0.3, 0.4) is 0 Å². The SMILES string of the molecule is C=COC(=O)/C=C\C(=O)ONC(=O)OCC. The average Bonchev–Trinajstić information content (AvgIpc) is 2.24. The lowest BCUT2D eigenvalue weighted by molar-refractivity contribution is -0.144. The Kier molecular flexibility index (Phi) is 6.88. The molecule has 88 valence electrons. The highest BCUT2D eigenvalue weighted by molar-refractivity contribution is 5.92. The molecule has 0 bridgehead atoms. The van der Waals surface area contributed by atoms with Gasteiger partial charge < -0.3 is 14.3 Å². The van der Waals surface area contributed by atoms with Gasteiger partial charge in [0.2, 0.25) is 0 Å². The summed E-state index contributed by atoms with van der Waals surface area (Å²) in [6, 6.07) is 0. The minimum Gasteiger partial charge on any atom is -0.448 e. The second kappa shape index (κ2) is 8.04. The second-order valence-electron chi connectivity index (χ2n) is 2.18. The second-order valence-corrected chi connectivity index (χ2v) is 2.18. The number of ether oxygens (including phenoxy) is 2. The molecule has 0 saturated carbocycles. The first-order valence-corrected chi connectivity index (χ1v) is 4.23. The standard InChI is InChI=1S/C9H11NO6/c1-3-14-7(11)5-6-8(12)16-10-9(13)15-4-2/h3,5-6H,1,4H2,2H3,(H,10,13)/b6-5-. The van der Waals surface area contributed by atoms with Gasteiger partial charge in [0.15, 0.2) is 0 Å². The van der Waals surface area contributed by atoms with Gasteiger partial charge in [-0.3, -0.25) is 0 Å². The molecule has 0 atom stereocenters. The summed E-state index contributed by atoms with van der Waals surface area (Å²) in [5, 5.41) is 0. The smallest absolute Gasteiger partial charge is 0.440 e. The van der Waals surface area contributed by atoms with Crippen molar-refractivity contribution in [2.24, 2.45) is 0 Å². The number of carbonyl (C=O) groups excluding carboxylic acids is 3. The first-order valence-electron chi connectivity index (χ1n) is 4.23. The lowest BCUT2D eigenvalue weighted by Gasteiger charge is -2.02. The molecule has 0 rings (SSSR count). The van der Waals surface area contributed by atoms with E-state index in [9.17, 15) is 14.4 Å². The predicted octanol–water partition coefficient (Wildman–Crippen LogP) is 0.434. The number of carbonyl (C=O) groups is 3. The van der Waals surface area contributed by atoms with Crippen molar-refractivity contribution in [3.63, 3.8) is 0 Å². The van der Waals surface area contributed by atoms with Crippen LogP contribution < -0.4 is 5.48 Å². The molecule has 16 heavy (non-hydrogen) atoms. The third kappa shape index (κ3) is 7.13. The Labute approximate surface area is 91.6 Å².